The second-order valence-corrected chi connectivity index (χ2v) is 7.88. The molecule has 0 unspecified atom stereocenters. The van der Waals surface area contributed by atoms with E-state index in [-0.39, 0.29) is 23.2 Å². The maximum Gasteiger partial charge on any atom is 0.241 e. The molecule has 1 amide bonds. The van der Waals surface area contributed by atoms with E-state index in [1.807, 2.05) is 0 Å². The Morgan fingerprint density at radius 3 is 2.39 bits per heavy atom. The predicted molar refractivity (Wildman–Crippen MR) is 95.4 cm³/mol. The molecule has 1 rings (SSSR count). The van der Waals surface area contributed by atoms with Gasteiger partial charge in [0.15, 0.2) is 0 Å². The monoisotopic (exact) mass is 363 g/mol. The van der Waals surface area contributed by atoms with E-state index in [0.29, 0.717) is 30.6 Å². The van der Waals surface area contributed by atoms with Crippen LogP contribution in [0.4, 0.5) is 5.69 Å². The molecule has 1 aromatic rings. The number of sulfonamides is 1. The van der Waals surface area contributed by atoms with Gasteiger partial charge in [-0.25, -0.2) is 13.1 Å². The molecule has 0 aliphatic rings. The highest BCUT2D eigenvalue weighted by molar-refractivity contribution is 7.89. The Balaban J connectivity index is 0.00000484. The number of halogens is 1. The summed E-state index contributed by atoms with van der Waals surface area (Å²) in [4.78, 5) is 11.9. The Morgan fingerprint density at radius 1 is 1.26 bits per heavy atom. The molecule has 0 aliphatic heterocycles. The minimum absolute atomic E-state index is 0. The Hall–Kier alpha value is -1.15. The van der Waals surface area contributed by atoms with Crippen molar-refractivity contribution in [3.63, 3.8) is 0 Å². The molecule has 0 heterocycles. The zero-order valence-electron chi connectivity index (χ0n) is 14.0. The minimum Gasteiger partial charge on any atom is -0.330 e. The maximum atomic E-state index is 12.4. The highest BCUT2D eigenvalue weighted by Gasteiger charge is 2.24. The van der Waals surface area contributed by atoms with Crippen molar-refractivity contribution in [3.8, 4) is 0 Å². The summed E-state index contributed by atoms with van der Waals surface area (Å²) in [6, 6.07) is 4.83. The van der Waals surface area contributed by atoms with Crippen molar-refractivity contribution in [1.82, 2.24) is 4.72 Å². The average Bonchev–Trinajstić information content (AvgIpc) is 2.35. The molecule has 4 N–H and O–H groups in total. The molecule has 0 bridgehead atoms. The number of benzene rings is 1. The van der Waals surface area contributed by atoms with E-state index in [1.165, 1.54) is 6.07 Å². The lowest BCUT2D eigenvalue weighted by Crippen LogP contribution is -2.40. The molecule has 23 heavy (non-hydrogen) atoms. The summed E-state index contributed by atoms with van der Waals surface area (Å²) in [5, 5.41) is 2.73. The highest BCUT2D eigenvalue weighted by Crippen LogP contribution is 2.24. The van der Waals surface area contributed by atoms with Gasteiger partial charge in [-0.3, -0.25) is 4.79 Å². The van der Waals surface area contributed by atoms with Gasteiger partial charge in [0.05, 0.1) is 4.90 Å². The minimum atomic E-state index is -3.65. The third-order valence-corrected chi connectivity index (χ3v) is 4.80. The van der Waals surface area contributed by atoms with Crippen LogP contribution in [0.2, 0.25) is 0 Å². The first-order valence-corrected chi connectivity index (χ1v) is 8.68. The van der Waals surface area contributed by atoms with Crippen molar-refractivity contribution in [1.29, 1.82) is 0 Å². The first-order valence-electron chi connectivity index (χ1n) is 7.20. The summed E-state index contributed by atoms with van der Waals surface area (Å²) in [5.41, 5.74) is 5.81. The lowest BCUT2D eigenvalue weighted by atomic mass is 10.1. The SMILES string of the molecule is Cc1c(NC(=O)CCCN)cccc1S(=O)(=O)NC(C)(C)C.Cl. The fourth-order valence-corrected chi connectivity index (χ4v) is 3.66. The number of rotatable bonds is 6. The van der Waals surface area contributed by atoms with Crippen LogP contribution in [-0.4, -0.2) is 26.4 Å². The molecule has 0 atom stereocenters. The molecular formula is C15H26ClN3O3S. The molecule has 1 aromatic carbocycles. The predicted octanol–water partition coefficient (Wildman–Crippen LogP) is 2.17. The molecular weight excluding hydrogens is 338 g/mol. The second-order valence-electron chi connectivity index (χ2n) is 6.22. The van der Waals surface area contributed by atoms with Crippen LogP contribution < -0.4 is 15.8 Å². The zero-order chi connectivity index (χ0) is 17.0. The number of hydrogen-bond donors (Lipinski definition) is 3. The van der Waals surface area contributed by atoms with E-state index in [0.717, 1.165) is 0 Å². The van der Waals surface area contributed by atoms with Gasteiger partial charge in [-0.2, -0.15) is 0 Å². The van der Waals surface area contributed by atoms with E-state index >= 15 is 0 Å². The van der Waals surface area contributed by atoms with E-state index in [1.54, 1.807) is 39.8 Å². The van der Waals surface area contributed by atoms with Gasteiger partial charge in [-0.1, -0.05) is 6.07 Å². The lowest BCUT2D eigenvalue weighted by molar-refractivity contribution is -0.116. The molecule has 8 heteroatoms. The fourth-order valence-electron chi connectivity index (χ4n) is 1.97. The summed E-state index contributed by atoms with van der Waals surface area (Å²) >= 11 is 0. The smallest absolute Gasteiger partial charge is 0.241 e. The van der Waals surface area contributed by atoms with E-state index in [9.17, 15) is 13.2 Å². The van der Waals surface area contributed by atoms with Gasteiger partial charge in [-0.05, 0) is 58.4 Å². The largest absolute Gasteiger partial charge is 0.330 e. The first-order chi connectivity index (χ1) is 10.1. The van der Waals surface area contributed by atoms with Gasteiger partial charge in [-0.15, -0.1) is 12.4 Å². The van der Waals surface area contributed by atoms with Crippen molar-refractivity contribution >= 4 is 34.0 Å². The van der Waals surface area contributed by atoms with Crippen LogP contribution in [0.25, 0.3) is 0 Å². The molecule has 0 spiro atoms. The van der Waals surface area contributed by atoms with Gasteiger partial charge in [0, 0.05) is 17.6 Å². The highest BCUT2D eigenvalue weighted by atomic mass is 35.5. The van der Waals surface area contributed by atoms with Crippen molar-refractivity contribution in [3.05, 3.63) is 23.8 Å². The first kappa shape index (κ1) is 21.9. The fraction of sp³-hybridized carbons (Fsp3) is 0.533. The number of carbonyl (C=O) groups excluding carboxylic acids is 1. The third kappa shape index (κ3) is 6.87. The number of hydrogen-bond acceptors (Lipinski definition) is 4. The maximum absolute atomic E-state index is 12.4. The standard InChI is InChI=1S/C15H25N3O3S.ClH/c1-11-12(17-14(19)9-6-10-16)7-5-8-13(11)22(20,21)18-15(2,3)4;/h5,7-8,18H,6,9-10,16H2,1-4H3,(H,17,19);1H. The van der Waals surface area contributed by atoms with Crippen LogP contribution in [0.5, 0.6) is 0 Å². The number of anilines is 1. The third-order valence-electron chi connectivity index (χ3n) is 2.90. The van der Waals surface area contributed by atoms with Crippen LogP contribution in [-0.2, 0) is 14.8 Å². The molecule has 132 valence electrons. The number of nitrogens with one attached hydrogen (secondary N) is 2. The van der Waals surface area contributed by atoms with Gasteiger partial charge < -0.3 is 11.1 Å². The van der Waals surface area contributed by atoms with Gasteiger partial charge in [0.2, 0.25) is 15.9 Å². The zero-order valence-corrected chi connectivity index (χ0v) is 15.6. The van der Waals surface area contributed by atoms with E-state index < -0.39 is 15.6 Å². The number of carbonyl (C=O) groups is 1. The summed E-state index contributed by atoms with van der Waals surface area (Å²) in [6.45, 7) is 7.45. The summed E-state index contributed by atoms with van der Waals surface area (Å²) in [6.07, 6.45) is 0.904. The molecule has 0 aromatic heterocycles. The molecule has 0 aliphatic carbocycles. The van der Waals surface area contributed by atoms with Gasteiger partial charge in [0.1, 0.15) is 0 Å². The molecule has 0 radical (unpaired) electrons. The Bertz CT molecular complexity index is 640. The van der Waals surface area contributed by atoms with Crippen LogP contribution in [0.3, 0.4) is 0 Å². The Kier molecular flexibility index (Phi) is 8.20. The van der Waals surface area contributed by atoms with Crippen LogP contribution in [0.1, 0.15) is 39.2 Å². The normalized spacial score (nSPS) is 11.7. The van der Waals surface area contributed by atoms with Crippen molar-refractivity contribution in [2.75, 3.05) is 11.9 Å². The van der Waals surface area contributed by atoms with Crippen molar-refractivity contribution in [2.45, 2.75) is 51.0 Å². The summed E-state index contributed by atoms with van der Waals surface area (Å²) < 4.78 is 27.5. The van der Waals surface area contributed by atoms with Crippen LogP contribution in [0.15, 0.2) is 23.1 Å². The number of nitrogens with two attached hydrogens (primary N) is 1. The molecule has 0 saturated heterocycles. The topological polar surface area (TPSA) is 101 Å². The van der Waals surface area contributed by atoms with Crippen LogP contribution >= 0.6 is 12.4 Å². The van der Waals surface area contributed by atoms with E-state index in [4.69, 9.17) is 5.73 Å². The molecule has 0 saturated carbocycles. The summed E-state index contributed by atoms with van der Waals surface area (Å²) in [7, 11) is -3.65. The lowest BCUT2D eigenvalue weighted by Gasteiger charge is -2.22. The average molecular weight is 364 g/mol. The Morgan fingerprint density at radius 2 is 1.87 bits per heavy atom. The van der Waals surface area contributed by atoms with E-state index in [2.05, 4.69) is 10.0 Å². The van der Waals surface area contributed by atoms with Crippen molar-refractivity contribution in [2.24, 2.45) is 5.73 Å². The van der Waals surface area contributed by atoms with Gasteiger partial charge >= 0.3 is 0 Å². The van der Waals surface area contributed by atoms with Crippen molar-refractivity contribution < 1.29 is 13.2 Å². The quantitative estimate of drug-likeness (QED) is 0.720. The van der Waals surface area contributed by atoms with Gasteiger partial charge in [0.25, 0.3) is 0 Å². The number of amides is 1. The Labute approximate surface area is 144 Å². The van der Waals surface area contributed by atoms with Crippen LogP contribution in [0, 0.1) is 6.92 Å². The molecule has 6 nitrogen and oxygen atoms in total. The second kappa shape index (κ2) is 8.63. The summed E-state index contributed by atoms with van der Waals surface area (Å²) in [5.74, 6) is -0.174. The molecule has 0 fully saturated rings.